The van der Waals surface area contributed by atoms with E-state index in [9.17, 15) is 19.6 Å². The molecule has 21 heavy (non-hydrogen) atoms. The van der Waals surface area contributed by atoms with Crippen LogP contribution in [0.1, 0.15) is 16.8 Å². The van der Waals surface area contributed by atoms with Crippen molar-refractivity contribution in [2.24, 2.45) is 5.73 Å². The van der Waals surface area contributed by atoms with Crippen molar-refractivity contribution in [3.05, 3.63) is 12.2 Å². The Morgan fingerprint density at radius 2 is 2.19 bits per heavy atom. The molecule has 5 N–H and O–H groups in total. The molecule has 1 unspecified atom stereocenters. The van der Waals surface area contributed by atoms with E-state index in [0.717, 1.165) is 4.68 Å². The average molecular weight is 319 g/mol. The first-order valence-corrected chi connectivity index (χ1v) is 8.82. The molecule has 0 bridgehead atoms. The fourth-order valence-electron chi connectivity index (χ4n) is 1.94. The summed E-state index contributed by atoms with van der Waals surface area (Å²) in [6, 6.07) is 0. The van der Waals surface area contributed by atoms with E-state index in [4.69, 9.17) is 10.5 Å². The Balaban J connectivity index is 2.08. The van der Waals surface area contributed by atoms with Gasteiger partial charge in [0.05, 0.1) is 0 Å². The van der Waals surface area contributed by atoms with Crippen molar-refractivity contribution in [1.29, 1.82) is 0 Å². The van der Waals surface area contributed by atoms with Crippen LogP contribution in [0.5, 0.6) is 0 Å². The topological polar surface area (TPSA) is 153 Å². The van der Waals surface area contributed by atoms with E-state index in [0.29, 0.717) is 0 Å². The maximum Gasteiger partial charge on any atom is 0.288 e. The lowest BCUT2D eigenvalue weighted by molar-refractivity contribution is -0.0428. The number of carbonyl (C=O) groups excluding carboxylic acids is 1. The molecule has 4 atom stereocenters. The van der Waals surface area contributed by atoms with Crippen molar-refractivity contribution in [3.63, 3.8) is 0 Å². The Kier molecular flexibility index (Phi) is 4.45. The summed E-state index contributed by atoms with van der Waals surface area (Å²) in [5.41, 5.74) is 5.04. The predicted molar refractivity (Wildman–Crippen MR) is 71.9 cm³/mol. The van der Waals surface area contributed by atoms with Crippen molar-refractivity contribution >= 4 is 13.2 Å². The number of carbonyl (C=O) groups is 1. The standard InChI is InChI=1S/C10H18N5O5P/c1-21(2,19)13-3-5-6(16)7(17)10(20-5)15-4-12-9(14-15)8(11)18/h4-7,10,16-17H,3H2,1-2H3,(H2,11,18)(H,13,19)/t5-,6-,7-,10?/m1/s1. The number of nitrogens with zero attached hydrogens (tertiary/aromatic N) is 3. The third-order valence-corrected chi connectivity index (χ3v) is 3.94. The molecule has 2 rings (SSSR count). The quantitative estimate of drug-likeness (QED) is 0.460. The Hall–Kier alpha value is -1.32. The lowest BCUT2D eigenvalue weighted by Gasteiger charge is -2.17. The highest BCUT2D eigenvalue weighted by molar-refractivity contribution is 7.60. The van der Waals surface area contributed by atoms with E-state index >= 15 is 0 Å². The summed E-state index contributed by atoms with van der Waals surface area (Å²) in [7, 11) is -2.48. The molecule has 1 aromatic heterocycles. The fraction of sp³-hybridized carbons (Fsp3) is 0.700. The zero-order chi connectivity index (χ0) is 15.8. The highest BCUT2D eigenvalue weighted by Gasteiger charge is 2.44. The van der Waals surface area contributed by atoms with Gasteiger partial charge in [0.1, 0.15) is 31.9 Å². The van der Waals surface area contributed by atoms with E-state index in [1.807, 2.05) is 0 Å². The van der Waals surface area contributed by atoms with Crippen LogP contribution in [0, 0.1) is 0 Å². The molecule has 1 aromatic rings. The number of amides is 1. The minimum atomic E-state index is -2.48. The molecule has 1 aliphatic rings. The highest BCUT2D eigenvalue weighted by atomic mass is 31.2. The van der Waals surface area contributed by atoms with Crippen molar-refractivity contribution < 1.29 is 24.3 Å². The van der Waals surface area contributed by atoms with Crippen LogP contribution in [-0.2, 0) is 9.30 Å². The van der Waals surface area contributed by atoms with Crippen molar-refractivity contribution in [2.75, 3.05) is 19.9 Å². The van der Waals surface area contributed by atoms with Gasteiger partial charge in [0.2, 0.25) is 5.82 Å². The summed E-state index contributed by atoms with van der Waals surface area (Å²) in [6.45, 7) is 3.19. The molecule has 2 heterocycles. The number of nitrogens with one attached hydrogen (secondary N) is 1. The Labute approximate surface area is 120 Å². The number of hydrogen-bond donors (Lipinski definition) is 4. The molecule has 118 valence electrons. The van der Waals surface area contributed by atoms with Crippen LogP contribution in [0.15, 0.2) is 6.33 Å². The molecule has 1 aliphatic heterocycles. The largest absolute Gasteiger partial charge is 0.387 e. The summed E-state index contributed by atoms with van der Waals surface area (Å²) in [5.74, 6) is -1.02. The third-order valence-electron chi connectivity index (χ3n) is 3.00. The normalized spacial score (nSPS) is 29.7. The fourth-order valence-corrected chi connectivity index (χ4v) is 2.56. The van der Waals surface area contributed by atoms with Gasteiger partial charge in [0.15, 0.2) is 6.23 Å². The predicted octanol–water partition coefficient (Wildman–Crippen LogP) is -1.88. The number of hydrogen-bond acceptors (Lipinski definition) is 7. The summed E-state index contributed by atoms with van der Waals surface area (Å²) in [4.78, 5) is 14.6. The van der Waals surface area contributed by atoms with E-state index in [-0.39, 0.29) is 12.4 Å². The summed E-state index contributed by atoms with van der Waals surface area (Å²) >= 11 is 0. The molecule has 0 radical (unpaired) electrons. The van der Waals surface area contributed by atoms with Gasteiger partial charge >= 0.3 is 0 Å². The van der Waals surface area contributed by atoms with E-state index < -0.39 is 37.7 Å². The first kappa shape index (κ1) is 16.1. The van der Waals surface area contributed by atoms with Gasteiger partial charge in [-0.2, -0.15) is 0 Å². The molecule has 1 amide bonds. The lowest BCUT2D eigenvalue weighted by atomic mass is 10.1. The van der Waals surface area contributed by atoms with Gasteiger partial charge in [0, 0.05) is 19.9 Å². The van der Waals surface area contributed by atoms with Gasteiger partial charge in [-0.05, 0) is 0 Å². The van der Waals surface area contributed by atoms with Crippen LogP contribution >= 0.6 is 7.29 Å². The van der Waals surface area contributed by atoms with Gasteiger partial charge in [-0.25, -0.2) is 9.67 Å². The number of rotatable bonds is 5. The van der Waals surface area contributed by atoms with Gasteiger partial charge in [-0.3, -0.25) is 9.88 Å². The second-order valence-electron chi connectivity index (χ2n) is 5.17. The number of nitrogens with two attached hydrogens (primary N) is 1. The van der Waals surface area contributed by atoms with E-state index in [2.05, 4.69) is 15.2 Å². The molecule has 10 nitrogen and oxygen atoms in total. The SMILES string of the molecule is CP(C)(=O)NC[C@H]1OC(n2cnc(C(N)=O)n2)[C@H](O)[C@@H]1O. The van der Waals surface area contributed by atoms with Gasteiger partial charge in [-0.15, -0.1) is 5.10 Å². The van der Waals surface area contributed by atoms with Crippen LogP contribution in [0.3, 0.4) is 0 Å². The number of aliphatic hydroxyl groups is 2. The lowest BCUT2D eigenvalue weighted by Crippen LogP contribution is -2.36. The van der Waals surface area contributed by atoms with Crippen LogP contribution in [0.2, 0.25) is 0 Å². The second-order valence-corrected chi connectivity index (χ2v) is 8.19. The number of aliphatic hydroxyl groups excluding tert-OH is 2. The molecule has 0 saturated carbocycles. The second kappa shape index (κ2) is 5.82. The van der Waals surface area contributed by atoms with Crippen molar-refractivity contribution in [1.82, 2.24) is 19.9 Å². The number of primary amides is 1. The first-order valence-electron chi connectivity index (χ1n) is 6.21. The molecule has 1 fully saturated rings. The zero-order valence-corrected chi connectivity index (χ0v) is 12.5. The maximum absolute atomic E-state index is 11.6. The molecule has 11 heteroatoms. The molecule has 0 aromatic carbocycles. The van der Waals surface area contributed by atoms with E-state index in [1.54, 1.807) is 13.3 Å². The molecule has 1 saturated heterocycles. The van der Waals surface area contributed by atoms with Crippen LogP contribution in [-0.4, -0.2) is 69.1 Å². The van der Waals surface area contributed by atoms with Crippen molar-refractivity contribution in [2.45, 2.75) is 24.5 Å². The maximum atomic E-state index is 11.6. The summed E-state index contributed by atoms with van der Waals surface area (Å²) in [5, 5.41) is 26.5. The summed E-state index contributed by atoms with van der Waals surface area (Å²) < 4.78 is 18.2. The molecular weight excluding hydrogens is 301 g/mol. The van der Waals surface area contributed by atoms with Crippen molar-refractivity contribution in [3.8, 4) is 0 Å². The number of aromatic nitrogens is 3. The monoisotopic (exact) mass is 319 g/mol. The van der Waals surface area contributed by atoms with Crippen LogP contribution in [0.25, 0.3) is 0 Å². The van der Waals surface area contributed by atoms with E-state index in [1.165, 1.54) is 6.33 Å². The van der Waals surface area contributed by atoms with Gasteiger partial charge in [0.25, 0.3) is 5.91 Å². The molecular formula is C10H18N5O5P. The highest BCUT2D eigenvalue weighted by Crippen LogP contribution is 2.33. The minimum Gasteiger partial charge on any atom is -0.387 e. The Morgan fingerprint density at radius 3 is 2.71 bits per heavy atom. The number of ether oxygens (including phenoxy) is 1. The van der Waals surface area contributed by atoms with Gasteiger partial charge < -0.3 is 25.2 Å². The third kappa shape index (κ3) is 3.66. The molecule has 0 aliphatic carbocycles. The minimum absolute atomic E-state index is 0.108. The van der Waals surface area contributed by atoms with Crippen LogP contribution < -0.4 is 10.8 Å². The Morgan fingerprint density at radius 1 is 1.52 bits per heavy atom. The zero-order valence-electron chi connectivity index (χ0n) is 11.6. The van der Waals surface area contributed by atoms with Gasteiger partial charge in [-0.1, -0.05) is 0 Å². The smallest absolute Gasteiger partial charge is 0.288 e. The van der Waals surface area contributed by atoms with Crippen LogP contribution in [0.4, 0.5) is 0 Å². The summed E-state index contributed by atoms with van der Waals surface area (Å²) in [6.07, 6.45) is -3.02. The first-order chi connectivity index (χ1) is 9.69. The Bertz CT molecular complexity index is 572. The average Bonchev–Trinajstić information content (AvgIpc) is 2.94. The molecule has 0 spiro atoms.